The molecular weight excluding hydrogens is 608 g/mol. The summed E-state index contributed by atoms with van der Waals surface area (Å²) in [7, 11) is 0. The topological polar surface area (TPSA) is 150 Å². The number of fused-ring (bicyclic) bond motifs is 2. The fourth-order valence-corrected chi connectivity index (χ4v) is 7.11. The van der Waals surface area contributed by atoms with Crippen LogP contribution in [-0.2, 0) is 16.0 Å². The molecule has 0 bridgehead atoms. The molecule has 6 rings (SSSR count). The van der Waals surface area contributed by atoms with Gasteiger partial charge in [-0.25, -0.2) is 4.98 Å². The Morgan fingerprint density at radius 1 is 1.02 bits per heavy atom. The van der Waals surface area contributed by atoms with E-state index in [-0.39, 0.29) is 23.9 Å². The normalized spacial score (nSPS) is 20.7. The molecule has 4 N–H and O–H groups in total. The van der Waals surface area contributed by atoms with Gasteiger partial charge >= 0.3 is 0 Å². The van der Waals surface area contributed by atoms with Gasteiger partial charge in [0.05, 0.1) is 17.3 Å². The molecule has 0 spiro atoms. The number of piperidine rings is 1. The molecule has 1 aromatic carbocycles. The van der Waals surface area contributed by atoms with Crippen LogP contribution in [0.1, 0.15) is 110 Å². The highest BCUT2D eigenvalue weighted by Gasteiger charge is 2.45. The Kier molecular flexibility index (Phi) is 10.4. The lowest BCUT2D eigenvalue weighted by molar-refractivity contribution is -0.125. The summed E-state index contributed by atoms with van der Waals surface area (Å²) in [6, 6.07) is 8.86. The van der Waals surface area contributed by atoms with Crippen LogP contribution in [0.15, 0.2) is 48.8 Å². The van der Waals surface area contributed by atoms with Crippen molar-refractivity contribution in [2.75, 3.05) is 17.2 Å². The van der Waals surface area contributed by atoms with Crippen LogP contribution in [0, 0.1) is 0 Å². The fraction of sp³-hybridized carbons (Fsp3) is 0.500. The largest absolute Gasteiger partial charge is 0.384 e. The van der Waals surface area contributed by atoms with Crippen LogP contribution in [0.3, 0.4) is 0 Å². The first-order valence-electron chi connectivity index (χ1n) is 17.5. The quantitative estimate of drug-likeness (QED) is 0.133. The van der Waals surface area contributed by atoms with E-state index in [2.05, 4.69) is 50.9 Å². The summed E-state index contributed by atoms with van der Waals surface area (Å²) in [5, 5.41) is 17.3. The van der Waals surface area contributed by atoms with Crippen molar-refractivity contribution in [1.82, 2.24) is 30.1 Å². The van der Waals surface area contributed by atoms with Crippen molar-refractivity contribution in [3.8, 4) is 0 Å². The summed E-state index contributed by atoms with van der Waals surface area (Å²) in [6.45, 7) is 6.59. The minimum atomic E-state index is -0.823. The summed E-state index contributed by atoms with van der Waals surface area (Å²) in [5.41, 5.74) is 3.80. The smallest absolute Gasteiger partial charge is 0.264 e. The van der Waals surface area contributed by atoms with Gasteiger partial charge in [0.15, 0.2) is 5.65 Å². The van der Waals surface area contributed by atoms with E-state index < -0.39 is 17.9 Å². The van der Waals surface area contributed by atoms with E-state index in [4.69, 9.17) is 0 Å². The van der Waals surface area contributed by atoms with E-state index in [9.17, 15) is 19.2 Å². The Bertz CT molecular complexity index is 1700. The second-order valence-corrected chi connectivity index (χ2v) is 13.2. The Hall–Kier alpha value is -4.74. The van der Waals surface area contributed by atoms with Gasteiger partial charge in [-0.2, -0.15) is 9.61 Å². The zero-order valence-corrected chi connectivity index (χ0v) is 27.7. The van der Waals surface area contributed by atoms with Gasteiger partial charge in [0, 0.05) is 54.3 Å². The van der Waals surface area contributed by atoms with Crippen LogP contribution in [0.25, 0.3) is 5.65 Å². The van der Waals surface area contributed by atoms with Crippen molar-refractivity contribution < 1.29 is 19.2 Å². The SMILES string of the molecule is C=C1CCC(N2C(=O)c3cccc(NCCCCCCCC(=O)N[C@@H]4CC[C@@H](Nc5cc(CCC)nc6ccnn56)C4)c3C2=O)C(=O)N1. The lowest BCUT2D eigenvalue weighted by Crippen LogP contribution is -2.51. The number of imide groups is 1. The number of unbranched alkanes of at least 4 members (excludes halogenated alkanes) is 4. The third-order valence-corrected chi connectivity index (χ3v) is 9.54. The van der Waals surface area contributed by atoms with E-state index in [1.54, 1.807) is 24.4 Å². The number of hydrogen-bond acceptors (Lipinski definition) is 8. The average molecular weight is 655 g/mol. The standard InChI is InChI=1S/C36H46N8O4/c1-3-10-24-22-31(44-30(40-24)18-20-38-44)41-25-15-16-26(21-25)42-32(45)13-7-5-4-6-8-19-37-28-12-9-11-27-33(28)36(48)43(35(27)47)29-17-14-23(2)39-34(29)46/h9,11-12,18,20,22,25-26,29,37,41H,2-8,10,13-17,19,21H2,1H3,(H,39,46)(H,42,45)/t25-,26-,29?/m1/s1. The van der Waals surface area contributed by atoms with Crippen LogP contribution in [0.5, 0.6) is 0 Å². The van der Waals surface area contributed by atoms with Crippen LogP contribution in [-0.4, -0.2) is 67.8 Å². The zero-order valence-electron chi connectivity index (χ0n) is 27.7. The molecule has 48 heavy (non-hydrogen) atoms. The van der Waals surface area contributed by atoms with E-state index >= 15 is 0 Å². The number of hydrogen-bond donors (Lipinski definition) is 4. The fourth-order valence-electron chi connectivity index (χ4n) is 7.11. The molecule has 2 fully saturated rings. The molecule has 12 heteroatoms. The monoisotopic (exact) mass is 654 g/mol. The molecule has 2 aliphatic heterocycles. The van der Waals surface area contributed by atoms with Gasteiger partial charge < -0.3 is 21.3 Å². The highest BCUT2D eigenvalue weighted by Crippen LogP contribution is 2.33. The summed E-state index contributed by atoms with van der Waals surface area (Å²) >= 11 is 0. The van der Waals surface area contributed by atoms with E-state index in [0.717, 1.165) is 86.3 Å². The van der Waals surface area contributed by atoms with E-state index in [0.29, 0.717) is 48.3 Å². The second-order valence-electron chi connectivity index (χ2n) is 13.2. The lowest BCUT2D eigenvalue weighted by atomic mass is 10.0. The van der Waals surface area contributed by atoms with Gasteiger partial charge in [-0.15, -0.1) is 0 Å². The van der Waals surface area contributed by atoms with Crippen molar-refractivity contribution in [2.24, 2.45) is 0 Å². The Morgan fingerprint density at radius 3 is 2.67 bits per heavy atom. The maximum atomic E-state index is 13.3. The molecular formula is C36H46N8O4. The highest BCUT2D eigenvalue weighted by atomic mass is 16.2. The van der Waals surface area contributed by atoms with Gasteiger partial charge in [-0.1, -0.05) is 45.3 Å². The predicted octanol–water partition coefficient (Wildman–Crippen LogP) is 4.97. The van der Waals surface area contributed by atoms with Crippen LogP contribution >= 0.6 is 0 Å². The second kappa shape index (κ2) is 15.0. The molecule has 2 aromatic heterocycles. The molecule has 1 unspecified atom stereocenters. The number of nitrogens with zero attached hydrogens (tertiary/aromatic N) is 4. The van der Waals surface area contributed by atoms with Crippen molar-refractivity contribution >= 4 is 40.8 Å². The number of carbonyl (C=O) groups is 4. The number of rotatable bonds is 15. The highest BCUT2D eigenvalue weighted by molar-refractivity contribution is 6.25. The molecule has 1 saturated carbocycles. The summed E-state index contributed by atoms with van der Waals surface area (Å²) in [4.78, 5) is 57.3. The van der Waals surface area contributed by atoms with Gasteiger partial charge in [-0.3, -0.25) is 24.1 Å². The molecule has 3 aromatic rings. The number of aryl methyl sites for hydroxylation is 1. The van der Waals surface area contributed by atoms with Crippen LogP contribution in [0.4, 0.5) is 11.5 Å². The number of carbonyl (C=O) groups excluding carboxylic acids is 4. The third kappa shape index (κ3) is 7.37. The summed E-state index contributed by atoms with van der Waals surface area (Å²) < 4.78 is 1.85. The molecule has 4 amide bonds. The van der Waals surface area contributed by atoms with Gasteiger partial charge in [0.2, 0.25) is 11.8 Å². The van der Waals surface area contributed by atoms with Crippen LogP contribution in [0.2, 0.25) is 0 Å². The molecule has 1 aliphatic carbocycles. The maximum Gasteiger partial charge on any atom is 0.264 e. The van der Waals surface area contributed by atoms with Gasteiger partial charge in [-0.05, 0) is 63.5 Å². The number of benzene rings is 1. The third-order valence-electron chi connectivity index (χ3n) is 9.54. The van der Waals surface area contributed by atoms with Crippen molar-refractivity contribution in [2.45, 2.75) is 109 Å². The summed E-state index contributed by atoms with van der Waals surface area (Å²) in [5.74, 6) is -0.152. The van der Waals surface area contributed by atoms with Crippen molar-refractivity contribution in [1.29, 1.82) is 0 Å². The molecule has 4 heterocycles. The van der Waals surface area contributed by atoms with Crippen molar-refractivity contribution in [3.05, 3.63) is 65.6 Å². The number of amides is 4. The van der Waals surface area contributed by atoms with Gasteiger partial charge in [0.25, 0.3) is 11.8 Å². The Balaban J connectivity index is 0.871. The molecule has 12 nitrogen and oxygen atoms in total. The van der Waals surface area contributed by atoms with E-state index in [1.807, 2.05) is 10.6 Å². The average Bonchev–Trinajstić information content (AvgIpc) is 3.78. The molecule has 254 valence electrons. The number of nitrogens with one attached hydrogen (secondary N) is 4. The number of aromatic nitrogens is 3. The zero-order chi connectivity index (χ0) is 33.6. The van der Waals surface area contributed by atoms with Crippen LogP contribution < -0.4 is 21.3 Å². The first kappa shape index (κ1) is 33.2. The minimum Gasteiger partial charge on any atom is -0.384 e. The van der Waals surface area contributed by atoms with Crippen molar-refractivity contribution in [3.63, 3.8) is 0 Å². The Labute approximate surface area is 281 Å². The maximum absolute atomic E-state index is 13.3. The lowest BCUT2D eigenvalue weighted by Gasteiger charge is -2.29. The van der Waals surface area contributed by atoms with E-state index in [1.165, 1.54) is 0 Å². The minimum absolute atomic E-state index is 0.118. The molecule has 3 atom stereocenters. The number of allylic oxidation sites excluding steroid dienone is 1. The predicted molar refractivity (Wildman–Crippen MR) is 184 cm³/mol. The molecule has 3 aliphatic rings. The Morgan fingerprint density at radius 2 is 1.83 bits per heavy atom. The number of anilines is 2. The summed E-state index contributed by atoms with van der Waals surface area (Å²) in [6.07, 6.45) is 12.7. The first-order chi connectivity index (χ1) is 23.3. The first-order valence-corrected chi connectivity index (χ1v) is 17.5. The molecule has 0 radical (unpaired) electrons. The molecule has 1 saturated heterocycles. The van der Waals surface area contributed by atoms with Gasteiger partial charge in [0.1, 0.15) is 11.9 Å².